The molecule has 1 rings (SSSR count). The molecular formula is C11H24N2O. The molecule has 1 heterocycles. The molecule has 1 aliphatic heterocycles. The van der Waals surface area contributed by atoms with E-state index in [9.17, 15) is 0 Å². The zero-order valence-corrected chi connectivity index (χ0v) is 9.51. The van der Waals surface area contributed by atoms with E-state index in [1.165, 1.54) is 12.8 Å². The number of hydrogen-bond donors (Lipinski definition) is 2. The monoisotopic (exact) mass is 200 g/mol. The lowest BCUT2D eigenvalue weighted by Crippen LogP contribution is -2.36. The number of hydrogen-bond acceptors (Lipinski definition) is 3. The van der Waals surface area contributed by atoms with Gasteiger partial charge in [0.2, 0.25) is 0 Å². The quantitative estimate of drug-likeness (QED) is 0.632. The molecule has 14 heavy (non-hydrogen) atoms. The van der Waals surface area contributed by atoms with Crippen LogP contribution >= 0.6 is 0 Å². The lowest BCUT2D eigenvalue weighted by Gasteiger charge is -2.23. The fourth-order valence-electron chi connectivity index (χ4n) is 1.63. The molecule has 1 atom stereocenters. The van der Waals surface area contributed by atoms with Crippen LogP contribution in [0.5, 0.6) is 0 Å². The molecule has 0 amide bonds. The fraction of sp³-hybridized carbons (Fsp3) is 1.00. The van der Waals surface area contributed by atoms with Crippen molar-refractivity contribution in [2.45, 2.75) is 39.2 Å². The highest BCUT2D eigenvalue weighted by atomic mass is 16.5. The van der Waals surface area contributed by atoms with Gasteiger partial charge in [0.15, 0.2) is 0 Å². The highest BCUT2D eigenvalue weighted by molar-refractivity contribution is 4.73. The Balaban J connectivity index is 1.98. The molecule has 1 aliphatic rings. The first-order valence-electron chi connectivity index (χ1n) is 5.66. The van der Waals surface area contributed by atoms with Crippen LogP contribution in [0.15, 0.2) is 0 Å². The molecule has 3 nitrogen and oxygen atoms in total. The van der Waals surface area contributed by atoms with Crippen molar-refractivity contribution in [3.63, 3.8) is 0 Å². The summed E-state index contributed by atoms with van der Waals surface area (Å²) in [5.41, 5.74) is 5.86. The van der Waals surface area contributed by atoms with Gasteiger partial charge in [0.05, 0.1) is 6.10 Å². The maximum atomic E-state index is 5.65. The Morgan fingerprint density at radius 1 is 1.50 bits per heavy atom. The van der Waals surface area contributed by atoms with E-state index in [1.54, 1.807) is 0 Å². The highest BCUT2D eigenvalue weighted by Gasteiger charge is 2.17. The van der Waals surface area contributed by atoms with Crippen LogP contribution in [0.3, 0.4) is 0 Å². The third-order valence-corrected chi connectivity index (χ3v) is 2.82. The summed E-state index contributed by atoms with van der Waals surface area (Å²) in [7, 11) is 0. The summed E-state index contributed by atoms with van der Waals surface area (Å²) >= 11 is 0. The topological polar surface area (TPSA) is 47.3 Å². The van der Waals surface area contributed by atoms with Crippen LogP contribution in [-0.2, 0) is 4.74 Å². The van der Waals surface area contributed by atoms with Crippen LogP contribution in [0.4, 0.5) is 0 Å². The molecule has 0 aromatic heterocycles. The maximum absolute atomic E-state index is 5.65. The van der Waals surface area contributed by atoms with Gasteiger partial charge in [-0.3, -0.25) is 0 Å². The van der Waals surface area contributed by atoms with Crippen LogP contribution < -0.4 is 11.1 Å². The number of ether oxygens (including phenoxy) is 1. The highest BCUT2D eigenvalue weighted by Crippen LogP contribution is 2.15. The van der Waals surface area contributed by atoms with E-state index in [2.05, 4.69) is 19.2 Å². The second-order valence-electron chi connectivity index (χ2n) is 4.97. The molecule has 0 aromatic carbocycles. The van der Waals surface area contributed by atoms with Gasteiger partial charge >= 0.3 is 0 Å². The van der Waals surface area contributed by atoms with Gasteiger partial charge in [-0.05, 0) is 37.8 Å². The van der Waals surface area contributed by atoms with Gasteiger partial charge in [-0.15, -0.1) is 0 Å². The zero-order valence-electron chi connectivity index (χ0n) is 9.51. The molecule has 3 heteroatoms. The van der Waals surface area contributed by atoms with Crippen LogP contribution in [0.25, 0.3) is 0 Å². The molecular weight excluding hydrogens is 176 g/mol. The Morgan fingerprint density at radius 2 is 2.29 bits per heavy atom. The van der Waals surface area contributed by atoms with E-state index in [0.717, 1.165) is 32.7 Å². The average molecular weight is 200 g/mol. The van der Waals surface area contributed by atoms with Crippen molar-refractivity contribution >= 4 is 0 Å². The number of rotatable bonds is 6. The molecule has 3 N–H and O–H groups in total. The SMILES string of the molecule is CC(C)(CN)CNCCC1CCCO1. The van der Waals surface area contributed by atoms with Gasteiger partial charge in [-0.2, -0.15) is 0 Å². The average Bonchev–Trinajstić information content (AvgIpc) is 2.65. The van der Waals surface area contributed by atoms with Gasteiger partial charge in [-0.1, -0.05) is 13.8 Å². The first-order chi connectivity index (χ1) is 6.64. The number of nitrogens with two attached hydrogens (primary N) is 1. The van der Waals surface area contributed by atoms with Crippen molar-refractivity contribution in [3.05, 3.63) is 0 Å². The first kappa shape index (κ1) is 12.0. The summed E-state index contributed by atoms with van der Waals surface area (Å²) in [6.45, 7) is 8.11. The van der Waals surface area contributed by atoms with Crippen molar-refractivity contribution in [1.29, 1.82) is 0 Å². The second-order valence-corrected chi connectivity index (χ2v) is 4.97. The zero-order chi connectivity index (χ0) is 10.4. The molecule has 1 saturated heterocycles. The lowest BCUT2D eigenvalue weighted by molar-refractivity contribution is 0.103. The van der Waals surface area contributed by atoms with E-state index in [0.29, 0.717) is 6.10 Å². The molecule has 0 bridgehead atoms. The molecule has 1 fully saturated rings. The van der Waals surface area contributed by atoms with E-state index in [4.69, 9.17) is 10.5 Å². The van der Waals surface area contributed by atoms with Crippen molar-refractivity contribution in [2.24, 2.45) is 11.1 Å². The first-order valence-corrected chi connectivity index (χ1v) is 5.66. The van der Waals surface area contributed by atoms with Crippen molar-refractivity contribution in [3.8, 4) is 0 Å². The summed E-state index contributed by atoms with van der Waals surface area (Å²) in [5, 5.41) is 3.44. The van der Waals surface area contributed by atoms with E-state index in [1.807, 2.05) is 0 Å². The largest absolute Gasteiger partial charge is 0.378 e. The molecule has 0 radical (unpaired) electrons. The van der Waals surface area contributed by atoms with Crippen LogP contribution in [-0.4, -0.2) is 32.3 Å². The summed E-state index contributed by atoms with van der Waals surface area (Å²) in [6.07, 6.45) is 4.12. The lowest BCUT2D eigenvalue weighted by atomic mass is 9.94. The molecule has 84 valence electrons. The summed E-state index contributed by atoms with van der Waals surface area (Å²) < 4.78 is 5.55. The summed E-state index contributed by atoms with van der Waals surface area (Å²) in [5.74, 6) is 0. The van der Waals surface area contributed by atoms with Crippen molar-refractivity contribution in [2.75, 3.05) is 26.2 Å². The minimum absolute atomic E-state index is 0.219. The third kappa shape index (κ3) is 4.40. The van der Waals surface area contributed by atoms with Gasteiger partial charge in [-0.25, -0.2) is 0 Å². The van der Waals surface area contributed by atoms with Crippen molar-refractivity contribution < 1.29 is 4.74 Å². The Morgan fingerprint density at radius 3 is 2.86 bits per heavy atom. The van der Waals surface area contributed by atoms with E-state index < -0.39 is 0 Å². The second kappa shape index (κ2) is 5.69. The van der Waals surface area contributed by atoms with Gasteiger partial charge in [0.1, 0.15) is 0 Å². The minimum atomic E-state index is 0.219. The minimum Gasteiger partial charge on any atom is -0.378 e. The van der Waals surface area contributed by atoms with Gasteiger partial charge in [0.25, 0.3) is 0 Å². The Hall–Kier alpha value is -0.120. The Bertz CT molecular complexity index is 153. The fourth-order valence-corrected chi connectivity index (χ4v) is 1.63. The molecule has 0 spiro atoms. The number of nitrogens with one attached hydrogen (secondary N) is 1. The van der Waals surface area contributed by atoms with Crippen LogP contribution in [0.1, 0.15) is 33.1 Å². The summed E-state index contributed by atoms with van der Waals surface area (Å²) in [6, 6.07) is 0. The molecule has 0 saturated carbocycles. The Kier molecular flexibility index (Phi) is 4.85. The van der Waals surface area contributed by atoms with Crippen molar-refractivity contribution in [1.82, 2.24) is 5.32 Å². The van der Waals surface area contributed by atoms with E-state index in [-0.39, 0.29) is 5.41 Å². The van der Waals surface area contributed by atoms with Gasteiger partial charge < -0.3 is 15.8 Å². The summed E-state index contributed by atoms with van der Waals surface area (Å²) in [4.78, 5) is 0. The molecule has 0 aromatic rings. The maximum Gasteiger partial charge on any atom is 0.0588 e. The molecule has 0 aliphatic carbocycles. The predicted octanol–water partition coefficient (Wildman–Crippen LogP) is 1.13. The Labute approximate surface area is 87.4 Å². The van der Waals surface area contributed by atoms with E-state index >= 15 is 0 Å². The predicted molar refractivity (Wildman–Crippen MR) is 59.3 cm³/mol. The van der Waals surface area contributed by atoms with Crippen LogP contribution in [0, 0.1) is 5.41 Å². The smallest absolute Gasteiger partial charge is 0.0588 e. The van der Waals surface area contributed by atoms with Crippen LogP contribution in [0.2, 0.25) is 0 Å². The van der Waals surface area contributed by atoms with Gasteiger partial charge in [0, 0.05) is 13.2 Å². The molecule has 1 unspecified atom stereocenters. The standard InChI is InChI=1S/C11H24N2O/c1-11(2,8-12)9-13-6-5-10-4-3-7-14-10/h10,13H,3-9,12H2,1-2H3. The normalized spacial score (nSPS) is 22.9. The third-order valence-electron chi connectivity index (χ3n) is 2.82.